The van der Waals surface area contributed by atoms with Gasteiger partial charge in [0.05, 0.1) is 11.1 Å². The average Bonchev–Trinajstić information content (AvgIpc) is 2.28. The second-order valence-electron chi connectivity index (χ2n) is 4.59. The molecule has 0 aliphatic heterocycles. The molecule has 0 aromatic heterocycles. The van der Waals surface area contributed by atoms with E-state index in [9.17, 15) is 4.79 Å². The van der Waals surface area contributed by atoms with Crippen LogP contribution in [0.5, 0.6) is 0 Å². The van der Waals surface area contributed by atoms with Gasteiger partial charge in [0.1, 0.15) is 0 Å². The third-order valence-electron chi connectivity index (χ3n) is 3.10. The summed E-state index contributed by atoms with van der Waals surface area (Å²) < 4.78 is 0. The molecular weight excluding hydrogens is 269 g/mol. The van der Waals surface area contributed by atoms with Crippen LogP contribution >= 0.6 is 23.2 Å². The van der Waals surface area contributed by atoms with Crippen LogP contribution in [0.1, 0.15) is 38.1 Å². The maximum Gasteiger partial charge on any atom is 0.181 e. The Bertz CT molecular complexity index is 432. The zero-order valence-electron chi connectivity index (χ0n) is 11.2. The van der Waals surface area contributed by atoms with Crippen molar-refractivity contribution in [3.05, 3.63) is 33.8 Å². The second kappa shape index (κ2) is 6.55. The van der Waals surface area contributed by atoms with Gasteiger partial charge < -0.3 is 0 Å². The van der Waals surface area contributed by atoms with Crippen LogP contribution in [0.2, 0.25) is 10.0 Å². The Labute approximate surface area is 119 Å². The Morgan fingerprint density at radius 3 is 2.33 bits per heavy atom. The Morgan fingerprint density at radius 2 is 1.89 bits per heavy atom. The first-order valence-electron chi connectivity index (χ1n) is 6.13. The molecule has 0 saturated carbocycles. The molecule has 1 unspecified atom stereocenters. The van der Waals surface area contributed by atoms with Crippen molar-refractivity contribution in [1.82, 2.24) is 4.90 Å². The molecule has 0 saturated heterocycles. The van der Waals surface area contributed by atoms with Gasteiger partial charge in [-0.15, -0.1) is 0 Å². The second-order valence-corrected chi connectivity index (χ2v) is 5.43. The fourth-order valence-electron chi connectivity index (χ4n) is 2.15. The highest BCUT2D eigenvalue weighted by Crippen LogP contribution is 2.23. The summed E-state index contributed by atoms with van der Waals surface area (Å²) in [6.07, 6.45) is 0. The van der Waals surface area contributed by atoms with Crippen molar-refractivity contribution < 1.29 is 4.79 Å². The molecule has 0 aliphatic rings. The van der Waals surface area contributed by atoms with Gasteiger partial charge in [-0.05, 0) is 45.5 Å². The molecule has 0 N–H and O–H groups in total. The normalized spacial score (nSPS) is 13.1. The SMILES string of the molecule is CCN(C(C)C)C(C)C(=O)c1ccc(Cl)cc1Cl. The van der Waals surface area contributed by atoms with Crippen molar-refractivity contribution >= 4 is 29.0 Å². The van der Waals surface area contributed by atoms with E-state index < -0.39 is 0 Å². The monoisotopic (exact) mass is 287 g/mol. The van der Waals surface area contributed by atoms with Crippen LogP contribution in [0.15, 0.2) is 18.2 Å². The highest BCUT2D eigenvalue weighted by Gasteiger charge is 2.24. The fraction of sp³-hybridized carbons (Fsp3) is 0.500. The number of hydrogen-bond donors (Lipinski definition) is 0. The molecule has 1 aromatic carbocycles. The minimum atomic E-state index is -0.186. The van der Waals surface area contributed by atoms with E-state index in [1.807, 2.05) is 13.8 Å². The number of rotatable bonds is 5. The first-order chi connectivity index (χ1) is 8.38. The zero-order chi connectivity index (χ0) is 13.9. The van der Waals surface area contributed by atoms with Crippen molar-refractivity contribution in [1.29, 1.82) is 0 Å². The molecule has 0 spiro atoms. The lowest BCUT2D eigenvalue weighted by Gasteiger charge is -2.30. The number of Topliss-reactive ketones (excluding diaryl/α,β-unsaturated/α-hetero) is 1. The lowest BCUT2D eigenvalue weighted by molar-refractivity contribution is 0.0800. The largest absolute Gasteiger partial charge is 0.292 e. The van der Waals surface area contributed by atoms with Crippen LogP contribution in [-0.4, -0.2) is 29.3 Å². The molecule has 18 heavy (non-hydrogen) atoms. The minimum absolute atomic E-state index is 0.0345. The molecule has 2 nitrogen and oxygen atoms in total. The summed E-state index contributed by atoms with van der Waals surface area (Å²) in [4.78, 5) is 14.5. The minimum Gasteiger partial charge on any atom is -0.292 e. The van der Waals surface area contributed by atoms with Crippen LogP contribution in [0, 0.1) is 0 Å². The third-order valence-corrected chi connectivity index (χ3v) is 3.65. The quantitative estimate of drug-likeness (QED) is 0.753. The van der Waals surface area contributed by atoms with Gasteiger partial charge in [-0.2, -0.15) is 0 Å². The molecule has 4 heteroatoms. The maximum absolute atomic E-state index is 12.4. The van der Waals surface area contributed by atoms with Gasteiger partial charge in [0.25, 0.3) is 0 Å². The van der Waals surface area contributed by atoms with Gasteiger partial charge in [0.2, 0.25) is 0 Å². The van der Waals surface area contributed by atoms with Crippen molar-refractivity contribution in [3.63, 3.8) is 0 Å². The van der Waals surface area contributed by atoms with Gasteiger partial charge in [-0.3, -0.25) is 9.69 Å². The summed E-state index contributed by atoms with van der Waals surface area (Å²) in [5.74, 6) is 0.0345. The van der Waals surface area contributed by atoms with E-state index in [0.29, 0.717) is 21.7 Å². The summed E-state index contributed by atoms with van der Waals surface area (Å²) in [6, 6.07) is 5.12. The van der Waals surface area contributed by atoms with E-state index in [0.717, 1.165) is 6.54 Å². The van der Waals surface area contributed by atoms with Gasteiger partial charge in [-0.25, -0.2) is 0 Å². The van der Waals surface area contributed by atoms with E-state index >= 15 is 0 Å². The topological polar surface area (TPSA) is 20.3 Å². The van der Waals surface area contributed by atoms with Gasteiger partial charge in [0.15, 0.2) is 5.78 Å². The molecule has 1 aromatic rings. The molecule has 0 fully saturated rings. The van der Waals surface area contributed by atoms with Crippen LogP contribution in [0.25, 0.3) is 0 Å². The smallest absolute Gasteiger partial charge is 0.181 e. The highest BCUT2D eigenvalue weighted by atomic mass is 35.5. The summed E-state index contributed by atoms with van der Waals surface area (Å²) >= 11 is 11.9. The summed E-state index contributed by atoms with van der Waals surface area (Å²) in [7, 11) is 0. The molecular formula is C14H19Cl2NO. The summed E-state index contributed by atoms with van der Waals surface area (Å²) in [5.41, 5.74) is 0.535. The third kappa shape index (κ3) is 3.47. The Kier molecular flexibility index (Phi) is 5.64. The lowest BCUT2D eigenvalue weighted by atomic mass is 10.0. The number of hydrogen-bond acceptors (Lipinski definition) is 2. The molecule has 1 rings (SSSR count). The van der Waals surface area contributed by atoms with E-state index in [1.165, 1.54) is 0 Å². The van der Waals surface area contributed by atoms with E-state index in [-0.39, 0.29) is 11.8 Å². The van der Waals surface area contributed by atoms with E-state index in [1.54, 1.807) is 18.2 Å². The Morgan fingerprint density at radius 1 is 1.28 bits per heavy atom. The predicted octanol–water partition coefficient (Wildman–Crippen LogP) is 4.29. The molecule has 0 amide bonds. The lowest BCUT2D eigenvalue weighted by Crippen LogP contribution is -2.43. The van der Waals surface area contributed by atoms with Crippen molar-refractivity contribution in [2.75, 3.05) is 6.54 Å². The number of carbonyl (C=O) groups excluding carboxylic acids is 1. The molecule has 0 radical (unpaired) electrons. The average molecular weight is 288 g/mol. The highest BCUT2D eigenvalue weighted by molar-refractivity contribution is 6.37. The fourth-order valence-corrected chi connectivity index (χ4v) is 2.65. The standard InChI is InChI=1S/C14H19Cl2NO/c1-5-17(9(2)3)10(4)14(18)12-7-6-11(15)8-13(12)16/h6-10H,5H2,1-4H3. The first-order valence-corrected chi connectivity index (χ1v) is 6.89. The first kappa shape index (κ1) is 15.5. The molecule has 0 aliphatic carbocycles. The molecule has 1 atom stereocenters. The summed E-state index contributed by atoms with van der Waals surface area (Å²) in [6.45, 7) is 8.95. The number of benzene rings is 1. The number of ketones is 1. The van der Waals surface area contributed by atoms with Crippen LogP contribution < -0.4 is 0 Å². The molecule has 0 bridgehead atoms. The number of halogens is 2. The van der Waals surface area contributed by atoms with Crippen LogP contribution in [-0.2, 0) is 0 Å². The number of nitrogens with zero attached hydrogens (tertiary/aromatic N) is 1. The van der Waals surface area contributed by atoms with Crippen LogP contribution in [0.3, 0.4) is 0 Å². The van der Waals surface area contributed by atoms with Crippen molar-refractivity contribution in [2.45, 2.75) is 39.8 Å². The van der Waals surface area contributed by atoms with E-state index in [2.05, 4.69) is 18.7 Å². The number of likely N-dealkylation sites (N-methyl/N-ethyl adjacent to an activating group) is 1. The zero-order valence-corrected chi connectivity index (χ0v) is 12.7. The maximum atomic E-state index is 12.4. The van der Waals surface area contributed by atoms with Gasteiger partial charge in [-0.1, -0.05) is 30.1 Å². The van der Waals surface area contributed by atoms with Gasteiger partial charge in [0, 0.05) is 16.6 Å². The van der Waals surface area contributed by atoms with E-state index in [4.69, 9.17) is 23.2 Å². The van der Waals surface area contributed by atoms with Gasteiger partial charge >= 0.3 is 0 Å². The van der Waals surface area contributed by atoms with Crippen molar-refractivity contribution in [2.24, 2.45) is 0 Å². The number of carbonyl (C=O) groups is 1. The Balaban J connectivity index is 2.99. The molecule has 0 heterocycles. The summed E-state index contributed by atoms with van der Waals surface area (Å²) in [5, 5.41) is 0.958. The Hall–Kier alpha value is -0.570. The van der Waals surface area contributed by atoms with Crippen LogP contribution in [0.4, 0.5) is 0 Å². The predicted molar refractivity (Wildman–Crippen MR) is 77.8 cm³/mol. The molecule has 100 valence electrons. The van der Waals surface area contributed by atoms with Crippen molar-refractivity contribution in [3.8, 4) is 0 Å².